The number of para-hydroxylation sites is 1. The number of hydrogen-bond donors (Lipinski definition) is 1. The molecule has 1 saturated heterocycles. The summed E-state index contributed by atoms with van der Waals surface area (Å²) < 4.78 is 1.26. The van der Waals surface area contributed by atoms with Crippen molar-refractivity contribution in [2.75, 3.05) is 19.6 Å². The molecule has 0 aliphatic carbocycles. The third-order valence-electron chi connectivity index (χ3n) is 3.78. The first-order valence-electron chi connectivity index (χ1n) is 7.34. The molecule has 0 bridgehead atoms. The fourth-order valence-electron chi connectivity index (χ4n) is 2.57. The molecular weight excluding hydrogens is 316 g/mol. The van der Waals surface area contributed by atoms with Crippen molar-refractivity contribution < 1.29 is 4.79 Å². The van der Waals surface area contributed by atoms with E-state index >= 15 is 0 Å². The average Bonchev–Trinajstić information content (AvgIpc) is 2.56. The molecule has 0 radical (unpaired) electrons. The van der Waals surface area contributed by atoms with E-state index < -0.39 is 0 Å². The topological polar surface area (TPSA) is 67.2 Å². The number of piperazine rings is 1. The fourth-order valence-corrected chi connectivity index (χ4v) is 2.57. The molecule has 0 saturated carbocycles. The summed E-state index contributed by atoms with van der Waals surface area (Å²) in [7, 11) is 0. The lowest BCUT2D eigenvalue weighted by atomic mass is 10.2. The van der Waals surface area contributed by atoms with Crippen LogP contribution in [-0.2, 0) is 0 Å². The summed E-state index contributed by atoms with van der Waals surface area (Å²) in [6.07, 6.45) is 0. The maximum Gasteiger partial charge on any atom is 0.274 e. The predicted octanol–water partition coefficient (Wildman–Crippen LogP) is 1.09. The normalized spacial score (nSPS) is 17.4. The number of benzene rings is 1. The van der Waals surface area contributed by atoms with Crippen molar-refractivity contribution in [1.82, 2.24) is 20.0 Å². The van der Waals surface area contributed by atoms with E-state index in [1.165, 1.54) is 16.8 Å². The van der Waals surface area contributed by atoms with Crippen molar-refractivity contribution in [3.05, 3.63) is 58.5 Å². The quantitative estimate of drug-likeness (QED) is 0.892. The van der Waals surface area contributed by atoms with Crippen LogP contribution in [0.25, 0.3) is 5.69 Å². The van der Waals surface area contributed by atoms with E-state index in [4.69, 9.17) is 0 Å². The Kier molecular flexibility index (Phi) is 5.52. The minimum Gasteiger partial charge on any atom is -0.332 e. The van der Waals surface area contributed by atoms with Crippen LogP contribution < -0.4 is 10.9 Å². The molecule has 1 N–H and O–H groups in total. The molecular formula is C16H19ClN4O2. The Morgan fingerprint density at radius 2 is 1.96 bits per heavy atom. The van der Waals surface area contributed by atoms with Gasteiger partial charge >= 0.3 is 0 Å². The molecule has 1 aliphatic heterocycles. The number of nitrogens with one attached hydrogen (secondary N) is 1. The van der Waals surface area contributed by atoms with Crippen LogP contribution >= 0.6 is 12.4 Å². The lowest BCUT2D eigenvalue weighted by Gasteiger charge is -2.33. The first kappa shape index (κ1) is 17.2. The molecule has 122 valence electrons. The zero-order valence-electron chi connectivity index (χ0n) is 12.8. The predicted molar refractivity (Wildman–Crippen MR) is 90.5 cm³/mol. The van der Waals surface area contributed by atoms with Gasteiger partial charge < -0.3 is 10.2 Å². The highest BCUT2D eigenvalue weighted by Crippen LogP contribution is 2.09. The Morgan fingerprint density at radius 1 is 1.22 bits per heavy atom. The molecule has 3 rings (SSSR count). The number of carbonyl (C=O) groups excluding carboxylic acids is 1. The zero-order chi connectivity index (χ0) is 15.5. The van der Waals surface area contributed by atoms with E-state index in [1.807, 2.05) is 25.1 Å². The number of hydrogen-bond acceptors (Lipinski definition) is 4. The van der Waals surface area contributed by atoms with Crippen molar-refractivity contribution in [3.8, 4) is 5.69 Å². The second-order valence-corrected chi connectivity index (χ2v) is 5.36. The second-order valence-electron chi connectivity index (χ2n) is 5.36. The monoisotopic (exact) mass is 334 g/mol. The third kappa shape index (κ3) is 3.60. The van der Waals surface area contributed by atoms with E-state index in [0.29, 0.717) is 12.2 Å². The molecule has 1 unspecified atom stereocenters. The lowest BCUT2D eigenvalue weighted by Crippen LogP contribution is -2.52. The van der Waals surface area contributed by atoms with E-state index in [-0.39, 0.29) is 35.6 Å². The zero-order valence-corrected chi connectivity index (χ0v) is 13.6. The minimum absolute atomic E-state index is 0. The molecule has 1 aromatic heterocycles. The van der Waals surface area contributed by atoms with Gasteiger partial charge in [-0.15, -0.1) is 12.4 Å². The average molecular weight is 335 g/mol. The van der Waals surface area contributed by atoms with Gasteiger partial charge in [0.05, 0.1) is 5.69 Å². The Morgan fingerprint density at radius 3 is 2.65 bits per heavy atom. The summed E-state index contributed by atoms with van der Waals surface area (Å²) >= 11 is 0. The Bertz CT molecular complexity index is 732. The van der Waals surface area contributed by atoms with Crippen LogP contribution in [0.3, 0.4) is 0 Å². The minimum atomic E-state index is -0.254. The molecule has 6 nitrogen and oxygen atoms in total. The van der Waals surface area contributed by atoms with Crippen LogP contribution in [0.2, 0.25) is 0 Å². The SMILES string of the molecule is CC1CNCCN1C(=O)c1ccc(=O)n(-c2ccccc2)n1.Cl. The van der Waals surface area contributed by atoms with Gasteiger partial charge in [-0.3, -0.25) is 9.59 Å². The van der Waals surface area contributed by atoms with Gasteiger partial charge in [0.15, 0.2) is 0 Å². The van der Waals surface area contributed by atoms with Gasteiger partial charge in [-0.05, 0) is 25.1 Å². The van der Waals surface area contributed by atoms with Crippen LogP contribution in [-0.4, -0.2) is 46.3 Å². The van der Waals surface area contributed by atoms with E-state index in [0.717, 1.165) is 13.1 Å². The summed E-state index contributed by atoms with van der Waals surface area (Å²) in [5, 5.41) is 7.49. The summed E-state index contributed by atoms with van der Waals surface area (Å²) in [5.74, 6) is -0.140. The molecule has 1 aliphatic rings. The van der Waals surface area contributed by atoms with Gasteiger partial charge in [0, 0.05) is 31.7 Å². The lowest BCUT2D eigenvalue weighted by molar-refractivity contribution is 0.0647. The number of nitrogens with zero attached hydrogens (tertiary/aromatic N) is 3. The van der Waals surface area contributed by atoms with Crippen LogP contribution in [0.15, 0.2) is 47.3 Å². The van der Waals surface area contributed by atoms with Crippen molar-refractivity contribution in [2.45, 2.75) is 13.0 Å². The van der Waals surface area contributed by atoms with Crippen molar-refractivity contribution in [2.24, 2.45) is 0 Å². The van der Waals surface area contributed by atoms with Gasteiger partial charge in [0.1, 0.15) is 5.69 Å². The van der Waals surface area contributed by atoms with Gasteiger partial charge in [-0.25, -0.2) is 0 Å². The van der Waals surface area contributed by atoms with Crippen molar-refractivity contribution in [1.29, 1.82) is 0 Å². The fraction of sp³-hybridized carbons (Fsp3) is 0.312. The number of amides is 1. The third-order valence-corrected chi connectivity index (χ3v) is 3.78. The van der Waals surface area contributed by atoms with Crippen molar-refractivity contribution in [3.63, 3.8) is 0 Å². The van der Waals surface area contributed by atoms with Gasteiger partial charge in [-0.2, -0.15) is 9.78 Å². The van der Waals surface area contributed by atoms with Gasteiger partial charge in [-0.1, -0.05) is 18.2 Å². The maximum atomic E-state index is 12.6. The number of rotatable bonds is 2. The Balaban J connectivity index is 0.00000192. The number of aromatic nitrogens is 2. The molecule has 7 heteroatoms. The molecule has 2 heterocycles. The van der Waals surface area contributed by atoms with Crippen LogP contribution in [0, 0.1) is 0 Å². The van der Waals surface area contributed by atoms with E-state index in [2.05, 4.69) is 10.4 Å². The summed E-state index contributed by atoms with van der Waals surface area (Å²) in [6, 6.07) is 12.1. The standard InChI is InChI=1S/C16H18N4O2.ClH/c1-12-11-17-9-10-19(12)16(22)14-7-8-15(21)20(18-14)13-5-3-2-4-6-13;/h2-8,12,17H,9-11H2,1H3;1H. The molecule has 2 aromatic rings. The van der Waals surface area contributed by atoms with Crippen LogP contribution in [0.1, 0.15) is 17.4 Å². The van der Waals surface area contributed by atoms with Gasteiger partial charge in [0.25, 0.3) is 11.5 Å². The molecule has 1 aromatic carbocycles. The molecule has 1 atom stereocenters. The molecule has 23 heavy (non-hydrogen) atoms. The first-order valence-corrected chi connectivity index (χ1v) is 7.34. The van der Waals surface area contributed by atoms with E-state index in [1.54, 1.807) is 17.0 Å². The highest BCUT2D eigenvalue weighted by molar-refractivity contribution is 5.92. The summed E-state index contributed by atoms with van der Waals surface area (Å²) in [5.41, 5.74) is 0.684. The maximum absolute atomic E-state index is 12.6. The Hall–Kier alpha value is -2.18. The molecule has 1 fully saturated rings. The highest BCUT2D eigenvalue weighted by Gasteiger charge is 2.25. The largest absolute Gasteiger partial charge is 0.332 e. The van der Waals surface area contributed by atoms with Crippen LogP contribution in [0.5, 0.6) is 0 Å². The first-order chi connectivity index (χ1) is 10.7. The highest BCUT2D eigenvalue weighted by atomic mass is 35.5. The summed E-state index contributed by atoms with van der Waals surface area (Å²) in [4.78, 5) is 26.4. The van der Waals surface area contributed by atoms with Crippen molar-refractivity contribution >= 4 is 18.3 Å². The van der Waals surface area contributed by atoms with Gasteiger partial charge in [0.2, 0.25) is 0 Å². The number of halogens is 1. The second kappa shape index (κ2) is 7.39. The smallest absolute Gasteiger partial charge is 0.274 e. The van der Waals surface area contributed by atoms with E-state index in [9.17, 15) is 9.59 Å². The molecule has 1 amide bonds. The Labute approximate surface area is 140 Å². The number of carbonyl (C=O) groups is 1. The van der Waals surface area contributed by atoms with Crippen LogP contribution in [0.4, 0.5) is 0 Å². The molecule has 0 spiro atoms. The summed E-state index contributed by atoms with van der Waals surface area (Å²) in [6.45, 7) is 4.18.